The summed E-state index contributed by atoms with van der Waals surface area (Å²) in [6.45, 7) is 6.22. The molecule has 0 amide bonds. The van der Waals surface area contributed by atoms with Crippen LogP contribution in [0.15, 0.2) is 0 Å². The van der Waals surface area contributed by atoms with Crippen LogP contribution in [0.5, 0.6) is 0 Å². The van der Waals surface area contributed by atoms with Crippen molar-refractivity contribution >= 4 is 27.7 Å². The van der Waals surface area contributed by atoms with Gasteiger partial charge in [0.25, 0.3) is 0 Å². The quantitative estimate of drug-likeness (QED) is 0.689. The molecule has 1 atom stereocenters. The normalized spacial score (nSPS) is 28.1. The zero-order chi connectivity index (χ0) is 12.4. The maximum atomic E-state index is 5.91. The highest BCUT2D eigenvalue weighted by Gasteiger charge is 2.46. The second kappa shape index (κ2) is 5.81. The van der Waals surface area contributed by atoms with E-state index in [0.717, 1.165) is 25.0 Å². The maximum absolute atomic E-state index is 5.91. The molecule has 0 aromatic carbocycles. The second-order valence-electron chi connectivity index (χ2n) is 5.79. The van der Waals surface area contributed by atoms with Gasteiger partial charge in [0.15, 0.2) is 6.29 Å². The van der Waals surface area contributed by atoms with E-state index < -0.39 is 0 Å². The molecule has 2 fully saturated rings. The molecule has 0 aromatic rings. The minimum atomic E-state index is 0.0442. The van der Waals surface area contributed by atoms with Crippen LogP contribution >= 0.6 is 27.7 Å². The molecule has 0 spiro atoms. The molecule has 2 nitrogen and oxygen atoms in total. The van der Waals surface area contributed by atoms with E-state index in [0.29, 0.717) is 4.75 Å². The summed E-state index contributed by atoms with van der Waals surface area (Å²) in [6.07, 6.45) is 6.21. The minimum Gasteiger partial charge on any atom is -0.353 e. The largest absolute Gasteiger partial charge is 0.353 e. The van der Waals surface area contributed by atoms with Crippen LogP contribution in [0.25, 0.3) is 0 Å². The van der Waals surface area contributed by atoms with Crippen LogP contribution in [0.3, 0.4) is 0 Å². The Kier molecular flexibility index (Phi) is 4.84. The van der Waals surface area contributed by atoms with Crippen molar-refractivity contribution in [2.45, 2.75) is 61.7 Å². The van der Waals surface area contributed by atoms with Gasteiger partial charge in [-0.15, -0.1) is 11.8 Å². The Labute approximate surface area is 117 Å². The Morgan fingerprint density at radius 2 is 2.18 bits per heavy atom. The Balaban J connectivity index is 1.72. The van der Waals surface area contributed by atoms with Crippen LogP contribution in [0.4, 0.5) is 0 Å². The summed E-state index contributed by atoms with van der Waals surface area (Å²) in [4.78, 5) is 0. The van der Waals surface area contributed by atoms with E-state index in [2.05, 4.69) is 41.5 Å². The molecule has 1 aliphatic heterocycles. The van der Waals surface area contributed by atoms with Crippen molar-refractivity contribution in [1.29, 1.82) is 0 Å². The lowest BCUT2D eigenvalue weighted by Crippen LogP contribution is -2.32. The number of rotatable bonds is 6. The SMILES string of the molecule is CC(C)(COC1CCCCO1)SC1(CBr)CC1. The van der Waals surface area contributed by atoms with Gasteiger partial charge in [0.05, 0.1) is 6.61 Å². The monoisotopic (exact) mass is 322 g/mol. The van der Waals surface area contributed by atoms with Crippen molar-refractivity contribution in [1.82, 2.24) is 0 Å². The zero-order valence-electron chi connectivity index (χ0n) is 10.8. The average Bonchev–Trinajstić information content (AvgIpc) is 3.08. The first-order chi connectivity index (χ1) is 8.05. The topological polar surface area (TPSA) is 18.5 Å². The van der Waals surface area contributed by atoms with Gasteiger partial charge in [0.1, 0.15) is 0 Å². The Morgan fingerprint density at radius 3 is 2.71 bits per heavy atom. The summed E-state index contributed by atoms with van der Waals surface area (Å²) < 4.78 is 12.2. The predicted molar refractivity (Wildman–Crippen MR) is 77.0 cm³/mol. The molecule has 1 aliphatic carbocycles. The molecule has 1 heterocycles. The van der Waals surface area contributed by atoms with E-state index in [1.54, 1.807) is 0 Å². The van der Waals surface area contributed by atoms with Gasteiger partial charge in [-0.1, -0.05) is 15.9 Å². The van der Waals surface area contributed by atoms with E-state index in [4.69, 9.17) is 9.47 Å². The van der Waals surface area contributed by atoms with Gasteiger partial charge in [-0.25, -0.2) is 0 Å². The third kappa shape index (κ3) is 4.41. The average molecular weight is 323 g/mol. The fraction of sp³-hybridized carbons (Fsp3) is 1.00. The standard InChI is InChI=1S/C13H23BrO2S/c1-12(2,17-13(9-14)6-7-13)10-16-11-5-3-4-8-15-11/h11H,3-10H2,1-2H3. The van der Waals surface area contributed by atoms with Crippen molar-refractivity contribution in [3.63, 3.8) is 0 Å². The molecule has 2 aliphatic rings. The van der Waals surface area contributed by atoms with E-state index in [-0.39, 0.29) is 11.0 Å². The fourth-order valence-corrected chi connectivity index (χ4v) is 4.72. The number of ether oxygens (including phenoxy) is 2. The summed E-state index contributed by atoms with van der Waals surface area (Å²) in [6, 6.07) is 0. The van der Waals surface area contributed by atoms with Crippen LogP contribution in [-0.4, -0.2) is 34.3 Å². The molecular weight excluding hydrogens is 300 g/mol. The molecule has 100 valence electrons. The molecule has 1 unspecified atom stereocenters. The predicted octanol–water partition coefficient (Wildman–Crippen LogP) is 3.97. The van der Waals surface area contributed by atoms with Crippen LogP contribution < -0.4 is 0 Å². The first-order valence-electron chi connectivity index (χ1n) is 6.55. The minimum absolute atomic E-state index is 0.0442. The molecule has 1 saturated heterocycles. The van der Waals surface area contributed by atoms with E-state index in [1.807, 2.05) is 0 Å². The van der Waals surface area contributed by atoms with Crippen LogP contribution in [0, 0.1) is 0 Å². The highest BCUT2D eigenvalue weighted by molar-refractivity contribution is 9.09. The van der Waals surface area contributed by atoms with Gasteiger partial charge in [-0.2, -0.15) is 0 Å². The third-order valence-corrected chi connectivity index (χ3v) is 6.40. The number of thioether (sulfide) groups is 1. The van der Waals surface area contributed by atoms with Gasteiger partial charge in [-0.3, -0.25) is 0 Å². The number of hydrogen-bond donors (Lipinski definition) is 0. The third-order valence-electron chi connectivity index (χ3n) is 3.30. The van der Waals surface area contributed by atoms with Gasteiger partial charge in [-0.05, 0) is 46.0 Å². The van der Waals surface area contributed by atoms with E-state index in [9.17, 15) is 0 Å². The molecule has 0 bridgehead atoms. The molecule has 1 saturated carbocycles. The first-order valence-corrected chi connectivity index (χ1v) is 8.48. The number of halogens is 1. The molecular formula is C13H23BrO2S. The first kappa shape index (κ1) is 14.2. The summed E-state index contributed by atoms with van der Waals surface area (Å²) in [5, 5.41) is 1.11. The van der Waals surface area contributed by atoms with Gasteiger partial charge in [0, 0.05) is 21.4 Å². The summed E-state index contributed by atoms with van der Waals surface area (Å²) in [5.41, 5.74) is 0. The smallest absolute Gasteiger partial charge is 0.157 e. The lowest BCUT2D eigenvalue weighted by molar-refractivity contribution is -0.165. The van der Waals surface area contributed by atoms with E-state index >= 15 is 0 Å². The van der Waals surface area contributed by atoms with Gasteiger partial charge >= 0.3 is 0 Å². The van der Waals surface area contributed by atoms with Crippen molar-refractivity contribution in [2.75, 3.05) is 18.5 Å². The summed E-state index contributed by atoms with van der Waals surface area (Å²) in [7, 11) is 0. The van der Waals surface area contributed by atoms with Crippen LogP contribution in [0.2, 0.25) is 0 Å². The van der Waals surface area contributed by atoms with Crippen LogP contribution in [-0.2, 0) is 9.47 Å². The molecule has 0 radical (unpaired) electrons. The van der Waals surface area contributed by atoms with Crippen molar-refractivity contribution in [2.24, 2.45) is 0 Å². The Hall–Kier alpha value is 0.750. The van der Waals surface area contributed by atoms with Gasteiger partial charge < -0.3 is 9.47 Å². The molecule has 17 heavy (non-hydrogen) atoms. The maximum Gasteiger partial charge on any atom is 0.157 e. The molecule has 4 heteroatoms. The number of alkyl halides is 1. The molecule has 0 aromatic heterocycles. The lowest BCUT2D eigenvalue weighted by Gasteiger charge is -2.31. The second-order valence-corrected chi connectivity index (χ2v) is 8.52. The molecule has 0 N–H and O–H groups in total. The van der Waals surface area contributed by atoms with E-state index in [1.165, 1.54) is 25.7 Å². The molecule has 2 rings (SSSR count). The van der Waals surface area contributed by atoms with Crippen molar-refractivity contribution in [3.8, 4) is 0 Å². The number of hydrogen-bond acceptors (Lipinski definition) is 3. The van der Waals surface area contributed by atoms with Crippen LogP contribution in [0.1, 0.15) is 46.0 Å². The van der Waals surface area contributed by atoms with Crippen molar-refractivity contribution in [3.05, 3.63) is 0 Å². The lowest BCUT2D eigenvalue weighted by atomic mass is 10.2. The highest BCUT2D eigenvalue weighted by Crippen LogP contribution is 2.54. The zero-order valence-corrected chi connectivity index (χ0v) is 13.2. The fourth-order valence-electron chi connectivity index (χ4n) is 2.15. The van der Waals surface area contributed by atoms with Gasteiger partial charge in [0.2, 0.25) is 0 Å². The summed E-state index contributed by atoms with van der Waals surface area (Å²) in [5.74, 6) is 0. The van der Waals surface area contributed by atoms with Crippen molar-refractivity contribution < 1.29 is 9.47 Å². The highest BCUT2D eigenvalue weighted by atomic mass is 79.9. The Morgan fingerprint density at radius 1 is 1.41 bits per heavy atom. The summed E-state index contributed by atoms with van der Waals surface area (Å²) >= 11 is 5.70. The Bertz CT molecular complexity index is 248.